The van der Waals surface area contributed by atoms with Gasteiger partial charge in [-0.05, 0) is 63.1 Å². The van der Waals surface area contributed by atoms with Crippen molar-refractivity contribution < 1.29 is 14.6 Å². The molecule has 0 amide bonds. The zero-order chi connectivity index (χ0) is 24.9. The van der Waals surface area contributed by atoms with Gasteiger partial charge in [-0.2, -0.15) is 5.10 Å². The minimum Gasteiger partial charge on any atom is -0.491 e. The first kappa shape index (κ1) is 24.1. The van der Waals surface area contributed by atoms with Gasteiger partial charge in [0.1, 0.15) is 24.2 Å². The highest BCUT2D eigenvalue weighted by molar-refractivity contribution is 5.43. The second kappa shape index (κ2) is 11.0. The van der Waals surface area contributed by atoms with Crippen molar-refractivity contribution in [3.05, 3.63) is 102 Å². The van der Waals surface area contributed by atoms with Crippen molar-refractivity contribution in [1.82, 2.24) is 14.7 Å². The molecule has 5 rings (SSSR count). The zero-order valence-electron chi connectivity index (χ0n) is 20.9. The van der Waals surface area contributed by atoms with Gasteiger partial charge < -0.3 is 14.6 Å². The van der Waals surface area contributed by atoms with E-state index in [1.54, 1.807) is 0 Å². The monoisotopic (exact) mass is 483 g/mol. The molecule has 1 heterocycles. The Morgan fingerprint density at radius 2 is 1.58 bits per heavy atom. The predicted octanol–water partition coefficient (Wildman–Crippen LogP) is 5.69. The number of nitrogens with zero attached hydrogens (tertiary/aromatic N) is 3. The Hall–Kier alpha value is -3.61. The maximum absolute atomic E-state index is 10.8. The maximum atomic E-state index is 10.8. The van der Waals surface area contributed by atoms with Gasteiger partial charge in [0.2, 0.25) is 5.88 Å². The van der Waals surface area contributed by atoms with E-state index in [-0.39, 0.29) is 6.61 Å². The number of benzene rings is 3. The molecule has 1 atom stereocenters. The summed E-state index contributed by atoms with van der Waals surface area (Å²) in [6, 6.07) is 28.2. The number of rotatable bonds is 11. The fourth-order valence-electron chi connectivity index (χ4n) is 4.31. The number of ether oxygens (including phenoxy) is 2. The molecule has 4 aromatic rings. The molecule has 36 heavy (non-hydrogen) atoms. The van der Waals surface area contributed by atoms with Crippen LogP contribution in [-0.4, -0.2) is 45.1 Å². The standard InChI is InChI=1S/C30H33N3O3/c1-22-13-17-28(18-14-22)36-30-29(23(2)31-33(30)25-9-5-3-6-10-25)20-32(24-15-16-24)19-26(34)21-35-27-11-7-4-8-12-27/h3-14,17-18,24,26,34H,15-16,19-21H2,1-2H3/t26-/m1/s1. The van der Waals surface area contributed by atoms with Crippen LogP contribution in [-0.2, 0) is 6.54 Å². The van der Waals surface area contributed by atoms with Crippen LogP contribution in [0.15, 0.2) is 84.9 Å². The summed E-state index contributed by atoms with van der Waals surface area (Å²) in [4.78, 5) is 2.33. The van der Waals surface area contributed by atoms with Crippen LogP contribution in [0, 0.1) is 13.8 Å². The first-order chi connectivity index (χ1) is 17.6. The molecule has 0 spiro atoms. The van der Waals surface area contributed by atoms with Crippen LogP contribution >= 0.6 is 0 Å². The predicted molar refractivity (Wildman–Crippen MR) is 141 cm³/mol. The van der Waals surface area contributed by atoms with Gasteiger partial charge in [0.15, 0.2) is 0 Å². The minimum atomic E-state index is -0.600. The number of para-hydroxylation sites is 2. The average molecular weight is 484 g/mol. The Balaban J connectivity index is 1.38. The van der Waals surface area contributed by atoms with Gasteiger partial charge in [-0.1, -0.05) is 54.1 Å². The average Bonchev–Trinajstić information content (AvgIpc) is 3.71. The van der Waals surface area contributed by atoms with Gasteiger partial charge in [0, 0.05) is 19.1 Å². The molecular formula is C30H33N3O3. The Morgan fingerprint density at radius 1 is 0.917 bits per heavy atom. The molecule has 3 aromatic carbocycles. The lowest BCUT2D eigenvalue weighted by molar-refractivity contribution is 0.0623. The van der Waals surface area contributed by atoms with E-state index in [9.17, 15) is 5.11 Å². The van der Waals surface area contributed by atoms with Crippen LogP contribution in [0.2, 0.25) is 0 Å². The molecular weight excluding hydrogens is 450 g/mol. The summed E-state index contributed by atoms with van der Waals surface area (Å²) in [6.07, 6.45) is 1.66. The van der Waals surface area contributed by atoms with Gasteiger partial charge >= 0.3 is 0 Å². The molecule has 1 N–H and O–H groups in total. The van der Waals surface area contributed by atoms with Crippen molar-refractivity contribution in [2.75, 3.05) is 13.2 Å². The molecule has 1 fully saturated rings. The van der Waals surface area contributed by atoms with Crippen LogP contribution in [0.25, 0.3) is 5.69 Å². The molecule has 0 bridgehead atoms. The third-order valence-corrected chi connectivity index (χ3v) is 6.43. The first-order valence-electron chi connectivity index (χ1n) is 12.6. The summed E-state index contributed by atoms with van der Waals surface area (Å²) >= 11 is 0. The van der Waals surface area contributed by atoms with E-state index in [2.05, 4.69) is 11.8 Å². The summed E-state index contributed by atoms with van der Waals surface area (Å²) < 4.78 is 14.1. The minimum absolute atomic E-state index is 0.252. The Morgan fingerprint density at radius 3 is 2.25 bits per heavy atom. The van der Waals surface area contributed by atoms with Crippen molar-refractivity contribution in [2.45, 2.75) is 45.4 Å². The molecule has 1 aromatic heterocycles. The number of hydrogen-bond acceptors (Lipinski definition) is 5. The number of aromatic nitrogens is 2. The van der Waals surface area contributed by atoms with Gasteiger partial charge in [0.05, 0.1) is 16.9 Å². The van der Waals surface area contributed by atoms with Crippen LogP contribution in [0.1, 0.15) is 29.7 Å². The lowest BCUT2D eigenvalue weighted by Gasteiger charge is -2.25. The lowest BCUT2D eigenvalue weighted by atomic mass is 10.2. The van der Waals surface area contributed by atoms with E-state index in [1.165, 1.54) is 5.56 Å². The summed E-state index contributed by atoms with van der Waals surface area (Å²) in [5, 5.41) is 15.7. The van der Waals surface area contributed by atoms with Crippen LogP contribution in [0.5, 0.6) is 17.4 Å². The molecule has 1 saturated carbocycles. The number of hydrogen-bond donors (Lipinski definition) is 1. The molecule has 0 saturated heterocycles. The van der Waals surface area contributed by atoms with Crippen molar-refractivity contribution in [3.63, 3.8) is 0 Å². The number of aryl methyl sites for hydroxylation is 2. The van der Waals surface area contributed by atoms with E-state index < -0.39 is 6.10 Å². The molecule has 186 valence electrons. The van der Waals surface area contributed by atoms with Gasteiger partial charge in [0.25, 0.3) is 0 Å². The largest absolute Gasteiger partial charge is 0.491 e. The molecule has 0 aliphatic heterocycles. The topological polar surface area (TPSA) is 59.8 Å². The highest BCUT2D eigenvalue weighted by Crippen LogP contribution is 2.35. The van der Waals surface area contributed by atoms with E-state index in [1.807, 2.05) is 96.5 Å². The first-order valence-corrected chi connectivity index (χ1v) is 12.6. The molecule has 1 aliphatic rings. The summed E-state index contributed by atoms with van der Waals surface area (Å²) in [7, 11) is 0. The summed E-state index contributed by atoms with van der Waals surface area (Å²) in [5.74, 6) is 2.25. The molecule has 1 aliphatic carbocycles. The smallest absolute Gasteiger partial charge is 0.227 e. The second-order valence-electron chi connectivity index (χ2n) is 9.47. The Labute approximate surface area is 212 Å². The van der Waals surface area contributed by atoms with E-state index in [0.29, 0.717) is 25.0 Å². The third kappa shape index (κ3) is 5.96. The van der Waals surface area contributed by atoms with Crippen molar-refractivity contribution in [2.24, 2.45) is 0 Å². The maximum Gasteiger partial charge on any atom is 0.227 e. The number of aliphatic hydroxyl groups is 1. The van der Waals surface area contributed by atoms with Gasteiger partial charge in [-0.3, -0.25) is 4.90 Å². The van der Waals surface area contributed by atoms with Crippen LogP contribution in [0.3, 0.4) is 0 Å². The highest BCUT2D eigenvalue weighted by atomic mass is 16.5. The van der Waals surface area contributed by atoms with Gasteiger partial charge in [-0.25, -0.2) is 4.68 Å². The number of aliphatic hydroxyl groups excluding tert-OH is 1. The third-order valence-electron chi connectivity index (χ3n) is 6.43. The summed E-state index contributed by atoms with van der Waals surface area (Å²) in [5.41, 5.74) is 4.08. The molecule has 0 radical (unpaired) electrons. The summed E-state index contributed by atoms with van der Waals surface area (Å²) in [6.45, 7) is 5.51. The van der Waals surface area contributed by atoms with Crippen molar-refractivity contribution in [1.29, 1.82) is 0 Å². The lowest BCUT2D eigenvalue weighted by Crippen LogP contribution is -2.36. The fraction of sp³-hybridized carbons (Fsp3) is 0.300. The van der Waals surface area contributed by atoms with Gasteiger partial charge in [-0.15, -0.1) is 0 Å². The van der Waals surface area contributed by atoms with Crippen LogP contribution < -0.4 is 9.47 Å². The fourth-order valence-corrected chi connectivity index (χ4v) is 4.31. The van der Waals surface area contributed by atoms with Crippen LogP contribution in [0.4, 0.5) is 0 Å². The van der Waals surface area contributed by atoms with E-state index >= 15 is 0 Å². The molecule has 6 nitrogen and oxygen atoms in total. The zero-order valence-corrected chi connectivity index (χ0v) is 20.9. The quantitative estimate of drug-likeness (QED) is 0.297. The Bertz CT molecular complexity index is 1250. The Kier molecular flexibility index (Phi) is 7.35. The molecule has 6 heteroatoms. The van der Waals surface area contributed by atoms with E-state index in [0.717, 1.165) is 41.3 Å². The highest BCUT2D eigenvalue weighted by Gasteiger charge is 2.32. The molecule has 0 unspecified atom stereocenters. The normalized spacial score (nSPS) is 14.1. The second-order valence-corrected chi connectivity index (χ2v) is 9.47. The van der Waals surface area contributed by atoms with Crippen molar-refractivity contribution in [3.8, 4) is 23.1 Å². The SMILES string of the molecule is Cc1ccc(Oc2c(CN(C[C@@H](O)COc3ccccc3)C3CC3)c(C)nn2-c2ccccc2)cc1. The van der Waals surface area contributed by atoms with E-state index in [4.69, 9.17) is 14.6 Å². The van der Waals surface area contributed by atoms with Crippen molar-refractivity contribution >= 4 is 0 Å².